The van der Waals surface area contributed by atoms with Gasteiger partial charge in [-0.1, -0.05) is 188 Å². The SMILES string of the molecule is CCCCCCCCCCCCCCCCNCCCCCCCCCCCCCCCC.CCN.N[C@@H](Cc1cnc[nH]1)C(=O)O. The van der Waals surface area contributed by atoms with Gasteiger partial charge in [0.05, 0.1) is 6.33 Å². The molecule has 0 aliphatic heterocycles. The summed E-state index contributed by atoms with van der Waals surface area (Å²) in [6, 6.07) is -0.851. The van der Waals surface area contributed by atoms with Crippen LogP contribution in [0.15, 0.2) is 12.5 Å². The van der Waals surface area contributed by atoms with Crippen LogP contribution in [0.5, 0.6) is 0 Å². The van der Waals surface area contributed by atoms with E-state index in [-0.39, 0.29) is 6.42 Å². The molecule has 1 atom stereocenters. The summed E-state index contributed by atoms with van der Waals surface area (Å²) in [5, 5.41) is 12.1. The second kappa shape index (κ2) is 42.6. The van der Waals surface area contributed by atoms with Crippen LogP contribution in [0.2, 0.25) is 0 Å². The van der Waals surface area contributed by atoms with Crippen LogP contribution in [0.3, 0.4) is 0 Å². The van der Waals surface area contributed by atoms with Gasteiger partial charge in [0.25, 0.3) is 0 Å². The molecule has 0 aliphatic rings. The van der Waals surface area contributed by atoms with Crippen molar-refractivity contribution in [2.75, 3.05) is 19.6 Å². The Hall–Kier alpha value is -1.44. The van der Waals surface area contributed by atoms with E-state index in [0.717, 1.165) is 12.2 Å². The second-order valence-corrected chi connectivity index (χ2v) is 13.6. The monoisotopic (exact) mass is 666 g/mol. The zero-order valence-electron chi connectivity index (χ0n) is 31.8. The smallest absolute Gasteiger partial charge is 0.320 e. The van der Waals surface area contributed by atoms with Crippen molar-refractivity contribution in [3.8, 4) is 0 Å². The molecule has 7 N–H and O–H groups in total. The Kier molecular flexibility index (Phi) is 43.2. The molecule has 0 bridgehead atoms. The zero-order chi connectivity index (χ0) is 34.9. The third-order valence-corrected chi connectivity index (χ3v) is 8.73. The van der Waals surface area contributed by atoms with Crippen LogP contribution in [-0.2, 0) is 11.2 Å². The number of nitrogens with two attached hydrogens (primary N) is 2. The summed E-state index contributed by atoms with van der Waals surface area (Å²) < 4.78 is 0. The van der Waals surface area contributed by atoms with Crippen LogP contribution < -0.4 is 16.8 Å². The number of nitrogens with one attached hydrogen (secondary N) is 2. The molecule has 1 aromatic heterocycles. The van der Waals surface area contributed by atoms with Gasteiger partial charge in [-0.3, -0.25) is 4.79 Å². The number of hydrogen-bond acceptors (Lipinski definition) is 5. The number of carbonyl (C=O) groups is 1. The molecule has 0 aromatic carbocycles. The van der Waals surface area contributed by atoms with Crippen molar-refractivity contribution in [2.45, 2.75) is 213 Å². The van der Waals surface area contributed by atoms with E-state index in [4.69, 9.17) is 16.6 Å². The van der Waals surface area contributed by atoms with E-state index in [9.17, 15) is 4.79 Å². The highest BCUT2D eigenvalue weighted by Gasteiger charge is 2.12. The molecular formula is C40H83N5O2. The molecule has 1 rings (SSSR count). The molecule has 0 saturated heterocycles. The minimum atomic E-state index is -1.00. The molecule has 7 heteroatoms. The predicted molar refractivity (Wildman–Crippen MR) is 206 cm³/mol. The lowest BCUT2D eigenvalue weighted by Gasteiger charge is -2.06. The van der Waals surface area contributed by atoms with E-state index < -0.39 is 12.0 Å². The Morgan fingerprint density at radius 3 is 1.19 bits per heavy atom. The lowest BCUT2D eigenvalue weighted by Crippen LogP contribution is -2.32. The van der Waals surface area contributed by atoms with E-state index in [1.165, 1.54) is 199 Å². The van der Waals surface area contributed by atoms with E-state index in [1.54, 1.807) is 6.20 Å². The van der Waals surface area contributed by atoms with Crippen molar-refractivity contribution in [1.29, 1.82) is 0 Å². The normalized spacial score (nSPS) is 11.4. The van der Waals surface area contributed by atoms with Crippen molar-refractivity contribution in [3.63, 3.8) is 0 Å². The standard InChI is InChI=1S/C32H67N.C6H9N3O2.C2H7N/c1-3-5-7-9-11-13-15-17-19-21-23-25-27-29-31-33-32-30-28-26-24-22-20-18-16-14-12-10-8-6-4-2;7-5(6(10)11)1-4-2-8-3-9-4;1-2-3/h33H,3-32H2,1-2H3;2-3,5H,1,7H2,(H,8,9)(H,10,11);2-3H2,1H3/t;5-;/m.0./s1. The average molecular weight is 666 g/mol. The first-order chi connectivity index (χ1) is 23.0. The highest BCUT2D eigenvalue weighted by molar-refractivity contribution is 5.73. The second-order valence-electron chi connectivity index (χ2n) is 13.6. The maximum Gasteiger partial charge on any atom is 0.320 e. The number of carboxylic acid groups (broad SMARTS) is 1. The minimum Gasteiger partial charge on any atom is -0.480 e. The summed E-state index contributed by atoms with van der Waals surface area (Å²) in [7, 11) is 0. The average Bonchev–Trinajstić information content (AvgIpc) is 3.58. The first-order valence-corrected chi connectivity index (χ1v) is 20.4. The number of H-pyrrole nitrogens is 1. The van der Waals surface area contributed by atoms with Crippen molar-refractivity contribution in [2.24, 2.45) is 11.5 Å². The van der Waals surface area contributed by atoms with Gasteiger partial charge in [0, 0.05) is 18.3 Å². The van der Waals surface area contributed by atoms with Crippen LogP contribution in [0, 0.1) is 0 Å². The van der Waals surface area contributed by atoms with Gasteiger partial charge in [0.15, 0.2) is 0 Å². The maximum atomic E-state index is 10.3. The Bertz CT molecular complexity index is 656. The molecule has 280 valence electrons. The van der Waals surface area contributed by atoms with Gasteiger partial charge < -0.3 is 26.9 Å². The fraction of sp³-hybridized carbons (Fsp3) is 0.900. The van der Waals surface area contributed by atoms with Crippen LogP contribution >= 0.6 is 0 Å². The molecule has 0 spiro atoms. The topological polar surface area (TPSA) is 130 Å². The molecule has 47 heavy (non-hydrogen) atoms. The van der Waals surface area contributed by atoms with Gasteiger partial charge >= 0.3 is 5.97 Å². The Balaban J connectivity index is 0. The molecule has 0 fully saturated rings. The fourth-order valence-electron chi connectivity index (χ4n) is 5.73. The summed E-state index contributed by atoms with van der Waals surface area (Å²) in [4.78, 5) is 16.8. The first kappa shape index (κ1) is 47.7. The third-order valence-electron chi connectivity index (χ3n) is 8.73. The number of imidazole rings is 1. The highest BCUT2D eigenvalue weighted by Crippen LogP contribution is 2.14. The van der Waals surface area contributed by atoms with Gasteiger partial charge in [-0.25, -0.2) is 4.98 Å². The molecule has 7 nitrogen and oxygen atoms in total. The first-order valence-electron chi connectivity index (χ1n) is 20.4. The number of unbranched alkanes of at least 4 members (excludes halogenated alkanes) is 26. The maximum absolute atomic E-state index is 10.3. The summed E-state index contributed by atoms with van der Waals surface area (Å²) >= 11 is 0. The zero-order valence-corrected chi connectivity index (χ0v) is 31.8. The largest absolute Gasteiger partial charge is 0.480 e. The van der Waals surface area contributed by atoms with E-state index in [1.807, 2.05) is 6.92 Å². The quantitative estimate of drug-likeness (QED) is 0.0475. The molecule has 0 radical (unpaired) electrons. The molecule has 1 aromatic rings. The molecule has 0 saturated carbocycles. The lowest BCUT2D eigenvalue weighted by molar-refractivity contribution is -0.138. The summed E-state index contributed by atoms with van der Waals surface area (Å²) in [5.41, 5.74) is 10.8. The summed E-state index contributed by atoms with van der Waals surface area (Å²) in [5.74, 6) is -1.00. The Morgan fingerprint density at radius 2 is 0.936 bits per heavy atom. The van der Waals surface area contributed by atoms with Crippen LogP contribution in [0.25, 0.3) is 0 Å². The van der Waals surface area contributed by atoms with Gasteiger partial charge in [-0.05, 0) is 32.5 Å². The molecule has 1 heterocycles. The number of nitrogens with zero attached hydrogens (tertiary/aromatic N) is 1. The summed E-state index contributed by atoms with van der Waals surface area (Å²) in [6.45, 7) is 9.75. The number of rotatable bonds is 33. The van der Waals surface area contributed by atoms with E-state index >= 15 is 0 Å². The molecular weight excluding hydrogens is 582 g/mol. The minimum absolute atomic E-state index is 0.287. The van der Waals surface area contributed by atoms with Crippen molar-refractivity contribution < 1.29 is 9.90 Å². The number of carboxylic acids is 1. The lowest BCUT2D eigenvalue weighted by atomic mass is 10.0. The number of hydrogen-bond donors (Lipinski definition) is 5. The summed E-state index contributed by atoms with van der Waals surface area (Å²) in [6.07, 6.45) is 44.1. The molecule has 0 amide bonds. The van der Waals surface area contributed by atoms with Gasteiger partial charge in [0.2, 0.25) is 0 Å². The van der Waals surface area contributed by atoms with Gasteiger partial charge in [-0.15, -0.1) is 0 Å². The van der Waals surface area contributed by atoms with Crippen LogP contribution in [0.1, 0.15) is 206 Å². The third kappa shape index (κ3) is 42.5. The van der Waals surface area contributed by atoms with Gasteiger partial charge in [-0.2, -0.15) is 0 Å². The number of aliphatic carboxylic acids is 1. The molecule has 0 aliphatic carbocycles. The fourth-order valence-corrected chi connectivity index (χ4v) is 5.73. The predicted octanol–water partition coefficient (Wildman–Crippen LogP) is 10.9. The van der Waals surface area contributed by atoms with Gasteiger partial charge in [0.1, 0.15) is 6.04 Å². The van der Waals surface area contributed by atoms with Crippen molar-refractivity contribution in [1.82, 2.24) is 15.3 Å². The van der Waals surface area contributed by atoms with Crippen molar-refractivity contribution in [3.05, 3.63) is 18.2 Å². The molecule has 0 unspecified atom stereocenters. The van der Waals surface area contributed by atoms with Crippen LogP contribution in [0.4, 0.5) is 0 Å². The van der Waals surface area contributed by atoms with E-state index in [2.05, 4.69) is 29.1 Å². The number of aromatic amines is 1. The Labute approximate surface area is 293 Å². The number of aromatic nitrogens is 2. The van der Waals surface area contributed by atoms with Crippen LogP contribution in [-0.4, -0.2) is 46.7 Å². The highest BCUT2D eigenvalue weighted by atomic mass is 16.4. The Morgan fingerprint density at radius 1 is 0.638 bits per heavy atom. The van der Waals surface area contributed by atoms with E-state index in [0.29, 0.717) is 0 Å². The van der Waals surface area contributed by atoms with Crippen molar-refractivity contribution >= 4 is 5.97 Å².